The summed E-state index contributed by atoms with van der Waals surface area (Å²) in [4.78, 5) is 21.4. The number of aromatic carboxylic acids is 1. The van der Waals surface area contributed by atoms with E-state index in [1.165, 1.54) is 35.7 Å². The Morgan fingerprint density at radius 3 is 2.52 bits per heavy atom. The van der Waals surface area contributed by atoms with Gasteiger partial charge in [-0.05, 0) is 43.4 Å². The predicted octanol–water partition coefficient (Wildman–Crippen LogP) is 2.96. The number of nitrogens with zero attached hydrogens (tertiary/aromatic N) is 3. The minimum atomic E-state index is -1.04. The number of hydrogen-bond donors (Lipinski definition) is 1. The molecular weight excluding hydrogens is 290 g/mol. The fraction of sp³-hybridized carbons (Fsp3) is 0.389. The van der Waals surface area contributed by atoms with E-state index in [-0.39, 0.29) is 5.69 Å². The lowest BCUT2D eigenvalue weighted by atomic mass is 10.1. The number of rotatable bonds is 6. The monoisotopic (exact) mass is 311 g/mol. The summed E-state index contributed by atoms with van der Waals surface area (Å²) in [6, 6.07) is 7.18. The molecular formula is C18H21N3O2. The first-order chi connectivity index (χ1) is 11.0. The highest BCUT2D eigenvalue weighted by Crippen LogP contribution is 2.29. The highest BCUT2D eigenvalue weighted by Gasteiger charge is 2.29. The maximum atomic E-state index is 10.8. The van der Waals surface area contributed by atoms with Gasteiger partial charge in [0.2, 0.25) is 0 Å². The van der Waals surface area contributed by atoms with Crippen LogP contribution >= 0.6 is 0 Å². The Morgan fingerprint density at radius 1 is 1.17 bits per heavy atom. The molecule has 0 bridgehead atoms. The smallest absolute Gasteiger partial charge is 0.356 e. The number of aromatic nitrogens is 2. The van der Waals surface area contributed by atoms with Crippen molar-refractivity contribution >= 4 is 5.97 Å². The number of carboxylic acids is 1. The third kappa shape index (κ3) is 3.93. The molecule has 1 N–H and O–H groups in total. The quantitative estimate of drug-likeness (QED) is 0.888. The molecule has 1 aromatic heterocycles. The fourth-order valence-electron chi connectivity index (χ4n) is 2.65. The fourth-order valence-corrected chi connectivity index (χ4v) is 2.65. The molecule has 0 spiro atoms. The molecule has 1 saturated carbocycles. The first-order valence-corrected chi connectivity index (χ1v) is 7.87. The van der Waals surface area contributed by atoms with Crippen molar-refractivity contribution in [2.45, 2.75) is 45.8 Å². The van der Waals surface area contributed by atoms with Crippen LogP contribution in [0.1, 0.15) is 45.7 Å². The summed E-state index contributed by atoms with van der Waals surface area (Å²) in [7, 11) is 0. The first-order valence-electron chi connectivity index (χ1n) is 7.87. The number of hydrogen-bond acceptors (Lipinski definition) is 4. The van der Waals surface area contributed by atoms with Gasteiger partial charge in [-0.3, -0.25) is 9.88 Å². The van der Waals surface area contributed by atoms with E-state index in [4.69, 9.17) is 5.11 Å². The van der Waals surface area contributed by atoms with Crippen molar-refractivity contribution in [1.29, 1.82) is 0 Å². The highest BCUT2D eigenvalue weighted by atomic mass is 16.4. The van der Waals surface area contributed by atoms with Crippen LogP contribution in [0, 0.1) is 13.8 Å². The number of carbonyl (C=O) groups is 1. The van der Waals surface area contributed by atoms with Crippen molar-refractivity contribution < 1.29 is 9.90 Å². The number of aryl methyl sites for hydroxylation is 2. The van der Waals surface area contributed by atoms with Crippen molar-refractivity contribution in [3.63, 3.8) is 0 Å². The van der Waals surface area contributed by atoms with Crippen LogP contribution in [-0.4, -0.2) is 32.0 Å². The molecule has 23 heavy (non-hydrogen) atoms. The second-order valence-electron chi connectivity index (χ2n) is 6.25. The Bertz CT molecular complexity index is 709. The molecule has 5 heteroatoms. The van der Waals surface area contributed by atoms with Gasteiger partial charge < -0.3 is 5.11 Å². The van der Waals surface area contributed by atoms with E-state index in [2.05, 4.69) is 46.9 Å². The molecule has 0 unspecified atom stereocenters. The molecule has 0 saturated heterocycles. The van der Waals surface area contributed by atoms with Gasteiger partial charge >= 0.3 is 5.97 Å². The molecule has 0 amide bonds. The van der Waals surface area contributed by atoms with Crippen molar-refractivity contribution in [2.24, 2.45) is 0 Å². The van der Waals surface area contributed by atoms with E-state index in [0.717, 1.165) is 12.2 Å². The lowest BCUT2D eigenvalue weighted by Crippen LogP contribution is -2.25. The summed E-state index contributed by atoms with van der Waals surface area (Å²) in [6.07, 6.45) is 5.33. The van der Waals surface area contributed by atoms with E-state index >= 15 is 0 Å². The summed E-state index contributed by atoms with van der Waals surface area (Å²) in [5.41, 5.74) is 4.72. The summed E-state index contributed by atoms with van der Waals surface area (Å²) in [6.45, 7) is 5.84. The molecule has 120 valence electrons. The lowest BCUT2D eigenvalue weighted by Gasteiger charge is -2.22. The first kappa shape index (κ1) is 15.6. The van der Waals surface area contributed by atoms with Gasteiger partial charge in [0.05, 0.1) is 18.1 Å². The average molecular weight is 311 g/mol. The van der Waals surface area contributed by atoms with Crippen LogP contribution in [0.2, 0.25) is 0 Å². The standard InChI is InChI=1S/C18H21N3O2/c1-12-3-4-14(7-13(12)2)10-21(16-5-6-16)11-15-8-20-17(9-19-15)18(22)23/h3-4,7-9,16H,5-6,10-11H2,1-2H3,(H,22,23). The third-order valence-corrected chi connectivity index (χ3v) is 4.31. The zero-order valence-electron chi connectivity index (χ0n) is 13.5. The molecule has 2 aromatic rings. The Labute approximate surface area is 136 Å². The van der Waals surface area contributed by atoms with Crippen LogP contribution in [0.3, 0.4) is 0 Å². The summed E-state index contributed by atoms with van der Waals surface area (Å²) < 4.78 is 0. The number of benzene rings is 1. The molecule has 1 aromatic carbocycles. The normalized spacial score (nSPS) is 14.2. The van der Waals surface area contributed by atoms with Crippen molar-refractivity contribution in [3.8, 4) is 0 Å². The summed E-state index contributed by atoms with van der Waals surface area (Å²) >= 11 is 0. The maximum Gasteiger partial charge on any atom is 0.356 e. The molecule has 1 heterocycles. The van der Waals surface area contributed by atoms with Crippen molar-refractivity contribution in [2.75, 3.05) is 0 Å². The van der Waals surface area contributed by atoms with Crippen LogP contribution in [0.25, 0.3) is 0 Å². The Balaban J connectivity index is 1.71. The molecule has 1 aliphatic rings. The molecule has 0 aliphatic heterocycles. The van der Waals surface area contributed by atoms with Crippen LogP contribution in [0.15, 0.2) is 30.6 Å². The average Bonchev–Trinajstić information content (AvgIpc) is 3.35. The van der Waals surface area contributed by atoms with E-state index in [1.807, 2.05) is 0 Å². The van der Waals surface area contributed by atoms with E-state index in [9.17, 15) is 4.79 Å². The predicted molar refractivity (Wildman–Crippen MR) is 87.2 cm³/mol. The molecule has 0 radical (unpaired) electrons. The van der Waals surface area contributed by atoms with Gasteiger partial charge in [0.25, 0.3) is 0 Å². The van der Waals surface area contributed by atoms with Crippen LogP contribution in [0.4, 0.5) is 0 Å². The largest absolute Gasteiger partial charge is 0.476 e. The van der Waals surface area contributed by atoms with Crippen LogP contribution in [0.5, 0.6) is 0 Å². The number of carboxylic acid groups (broad SMARTS) is 1. The van der Waals surface area contributed by atoms with Gasteiger partial charge in [0, 0.05) is 19.1 Å². The van der Waals surface area contributed by atoms with Gasteiger partial charge in [-0.25, -0.2) is 9.78 Å². The van der Waals surface area contributed by atoms with Crippen LogP contribution < -0.4 is 0 Å². The van der Waals surface area contributed by atoms with Gasteiger partial charge in [-0.2, -0.15) is 0 Å². The van der Waals surface area contributed by atoms with E-state index < -0.39 is 5.97 Å². The summed E-state index contributed by atoms with van der Waals surface area (Å²) in [5, 5.41) is 8.89. The minimum Gasteiger partial charge on any atom is -0.476 e. The van der Waals surface area contributed by atoms with Crippen molar-refractivity contribution in [1.82, 2.24) is 14.9 Å². The summed E-state index contributed by atoms with van der Waals surface area (Å²) in [5.74, 6) is -1.04. The van der Waals surface area contributed by atoms with Gasteiger partial charge in [-0.1, -0.05) is 18.2 Å². The Kier molecular flexibility index (Phi) is 4.39. The van der Waals surface area contributed by atoms with Crippen LogP contribution in [-0.2, 0) is 13.1 Å². The molecule has 0 atom stereocenters. The maximum absolute atomic E-state index is 10.8. The topological polar surface area (TPSA) is 66.3 Å². The third-order valence-electron chi connectivity index (χ3n) is 4.31. The second kappa shape index (κ2) is 6.46. The Morgan fingerprint density at radius 2 is 1.96 bits per heavy atom. The van der Waals surface area contributed by atoms with Crippen molar-refractivity contribution in [3.05, 3.63) is 58.7 Å². The second-order valence-corrected chi connectivity index (χ2v) is 6.25. The lowest BCUT2D eigenvalue weighted by molar-refractivity contribution is 0.0690. The highest BCUT2D eigenvalue weighted by molar-refractivity contribution is 5.84. The molecule has 5 nitrogen and oxygen atoms in total. The zero-order chi connectivity index (χ0) is 16.4. The molecule has 1 aliphatic carbocycles. The zero-order valence-corrected chi connectivity index (χ0v) is 13.5. The molecule has 1 fully saturated rings. The van der Waals surface area contributed by atoms with Gasteiger partial charge in [0.15, 0.2) is 5.69 Å². The van der Waals surface area contributed by atoms with E-state index in [0.29, 0.717) is 12.6 Å². The molecule has 3 rings (SSSR count). The van der Waals surface area contributed by atoms with Gasteiger partial charge in [-0.15, -0.1) is 0 Å². The Hall–Kier alpha value is -2.27. The SMILES string of the molecule is Cc1ccc(CN(Cc2cnc(C(=O)O)cn2)C2CC2)cc1C. The minimum absolute atomic E-state index is 0.0131. The van der Waals surface area contributed by atoms with Gasteiger partial charge in [0.1, 0.15) is 0 Å². The van der Waals surface area contributed by atoms with E-state index in [1.54, 1.807) is 6.20 Å².